The molecule has 0 saturated heterocycles. The van der Waals surface area contributed by atoms with E-state index < -0.39 is 6.04 Å². The van der Waals surface area contributed by atoms with Gasteiger partial charge in [0.15, 0.2) is 6.61 Å². The number of rotatable bonds is 6. The number of hydrogen-bond acceptors (Lipinski definition) is 5. The lowest BCUT2D eigenvalue weighted by atomic mass is 10.1. The first kappa shape index (κ1) is 16.7. The summed E-state index contributed by atoms with van der Waals surface area (Å²) in [5.41, 5.74) is 1.96. The van der Waals surface area contributed by atoms with Gasteiger partial charge >= 0.3 is 0 Å². The summed E-state index contributed by atoms with van der Waals surface area (Å²) in [4.78, 5) is 16.4. The van der Waals surface area contributed by atoms with Gasteiger partial charge in [-0.3, -0.25) is 4.79 Å². The second-order valence-electron chi connectivity index (χ2n) is 5.66. The van der Waals surface area contributed by atoms with Crippen molar-refractivity contribution in [3.63, 3.8) is 0 Å². The number of aromatic nitrogens is 2. The number of ether oxygens (including phenoxy) is 1. The third kappa shape index (κ3) is 4.23. The molecule has 0 bridgehead atoms. The molecule has 0 aliphatic heterocycles. The van der Waals surface area contributed by atoms with Gasteiger partial charge in [-0.1, -0.05) is 47.6 Å². The minimum absolute atomic E-state index is 0.0762. The van der Waals surface area contributed by atoms with E-state index in [9.17, 15) is 4.79 Å². The van der Waals surface area contributed by atoms with Crippen LogP contribution in [0.25, 0.3) is 11.4 Å². The van der Waals surface area contributed by atoms with Gasteiger partial charge in [0, 0.05) is 5.56 Å². The predicted octanol–water partition coefficient (Wildman–Crippen LogP) is 3.30. The number of para-hydroxylation sites is 1. The van der Waals surface area contributed by atoms with Gasteiger partial charge in [-0.2, -0.15) is 4.98 Å². The molecule has 3 aromatic rings. The van der Waals surface area contributed by atoms with Crippen molar-refractivity contribution in [2.24, 2.45) is 0 Å². The van der Waals surface area contributed by atoms with Crippen molar-refractivity contribution in [3.8, 4) is 17.1 Å². The molecule has 1 amide bonds. The van der Waals surface area contributed by atoms with E-state index >= 15 is 0 Å². The van der Waals surface area contributed by atoms with Crippen LogP contribution in [-0.2, 0) is 4.79 Å². The molecule has 1 heterocycles. The lowest BCUT2D eigenvalue weighted by molar-refractivity contribution is -0.123. The summed E-state index contributed by atoms with van der Waals surface area (Å²) < 4.78 is 10.7. The normalized spacial score (nSPS) is 11.8. The highest BCUT2D eigenvalue weighted by atomic mass is 16.5. The van der Waals surface area contributed by atoms with Gasteiger partial charge in [-0.15, -0.1) is 0 Å². The highest BCUT2D eigenvalue weighted by molar-refractivity contribution is 5.77. The number of benzene rings is 2. The predicted molar refractivity (Wildman–Crippen MR) is 93.0 cm³/mol. The van der Waals surface area contributed by atoms with Gasteiger partial charge in [-0.05, 0) is 31.5 Å². The summed E-state index contributed by atoms with van der Waals surface area (Å²) in [7, 11) is 0. The van der Waals surface area contributed by atoms with Crippen LogP contribution in [0.5, 0.6) is 5.75 Å². The maximum absolute atomic E-state index is 12.0. The van der Waals surface area contributed by atoms with Crippen LogP contribution in [0.15, 0.2) is 59.1 Å². The molecule has 0 radical (unpaired) electrons. The Bertz CT molecular complexity index is 846. The van der Waals surface area contributed by atoms with Gasteiger partial charge in [0.1, 0.15) is 11.8 Å². The highest BCUT2D eigenvalue weighted by Crippen LogP contribution is 2.21. The molecule has 6 nitrogen and oxygen atoms in total. The van der Waals surface area contributed by atoms with Crippen LogP contribution in [0.2, 0.25) is 0 Å². The van der Waals surface area contributed by atoms with E-state index in [1.54, 1.807) is 19.1 Å². The third-order valence-electron chi connectivity index (χ3n) is 3.69. The minimum Gasteiger partial charge on any atom is -0.484 e. The Labute approximate surface area is 145 Å². The summed E-state index contributed by atoms with van der Waals surface area (Å²) in [6.07, 6.45) is 0. The van der Waals surface area contributed by atoms with Gasteiger partial charge in [-0.25, -0.2) is 0 Å². The van der Waals surface area contributed by atoms with Crippen molar-refractivity contribution in [1.29, 1.82) is 0 Å². The molecule has 0 aliphatic carbocycles. The molecule has 6 heteroatoms. The molecule has 1 aromatic heterocycles. The molecule has 1 N–H and O–H groups in total. The number of aryl methyl sites for hydroxylation is 1. The maximum atomic E-state index is 12.0. The molecule has 3 rings (SSSR count). The first-order valence-electron chi connectivity index (χ1n) is 8.00. The zero-order valence-electron chi connectivity index (χ0n) is 14.1. The van der Waals surface area contributed by atoms with Crippen LogP contribution >= 0.6 is 0 Å². The highest BCUT2D eigenvalue weighted by Gasteiger charge is 2.18. The summed E-state index contributed by atoms with van der Waals surface area (Å²) in [6, 6.07) is 16.6. The van der Waals surface area contributed by atoms with Gasteiger partial charge in [0.05, 0.1) is 0 Å². The molecule has 128 valence electrons. The van der Waals surface area contributed by atoms with E-state index in [1.807, 2.05) is 49.4 Å². The fourth-order valence-electron chi connectivity index (χ4n) is 2.35. The summed E-state index contributed by atoms with van der Waals surface area (Å²) in [5, 5.41) is 6.79. The Morgan fingerprint density at radius 1 is 1.16 bits per heavy atom. The molecule has 2 aromatic carbocycles. The van der Waals surface area contributed by atoms with Gasteiger partial charge < -0.3 is 14.6 Å². The minimum atomic E-state index is -0.405. The number of nitrogens with zero attached hydrogens (tertiary/aromatic N) is 2. The summed E-state index contributed by atoms with van der Waals surface area (Å²) in [5.74, 6) is 1.25. The SMILES string of the molecule is Cc1ccccc1-c1noc(C(C)NC(=O)COc2ccccc2)n1. The van der Waals surface area contributed by atoms with Crippen LogP contribution < -0.4 is 10.1 Å². The number of carbonyl (C=O) groups excluding carboxylic acids is 1. The Morgan fingerprint density at radius 2 is 1.88 bits per heavy atom. The molecule has 0 fully saturated rings. The average Bonchev–Trinajstić information content (AvgIpc) is 3.11. The number of hydrogen-bond donors (Lipinski definition) is 1. The van der Waals surface area contributed by atoms with Crippen LogP contribution in [0.4, 0.5) is 0 Å². The molecule has 1 unspecified atom stereocenters. The van der Waals surface area contributed by atoms with Crippen LogP contribution in [0.3, 0.4) is 0 Å². The van der Waals surface area contributed by atoms with Gasteiger partial charge in [0.25, 0.3) is 5.91 Å². The molecule has 25 heavy (non-hydrogen) atoms. The van der Waals surface area contributed by atoms with E-state index in [0.29, 0.717) is 17.5 Å². The number of amides is 1. The van der Waals surface area contributed by atoms with Crippen molar-refractivity contribution in [2.75, 3.05) is 6.61 Å². The fourth-order valence-corrected chi connectivity index (χ4v) is 2.35. The average molecular weight is 337 g/mol. The van der Waals surface area contributed by atoms with Crippen molar-refractivity contribution in [1.82, 2.24) is 15.5 Å². The Balaban J connectivity index is 1.59. The Hall–Kier alpha value is -3.15. The lowest BCUT2D eigenvalue weighted by Gasteiger charge is -2.10. The van der Waals surface area contributed by atoms with Crippen LogP contribution in [-0.4, -0.2) is 22.7 Å². The Kier molecular flexibility index (Phi) is 5.09. The van der Waals surface area contributed by atoms with Crippen LogP contribution in [0, 0.1) is 6.92 Å². The number of nitrogens with one attached hydrogen (secondary N) is 1. The van der Waals surface area contributed by atoms with Gasteiger partial charge in [0.2, 0.25) is 11.7 Å². The molecule has 1 atom stereocenters. The zero-order chi connectivity index (χ0) is 17.6. The molecule has 0 spiro atoms. The van der Waals surface area contributed by atoms with Crippen molar-refractivity contribution >= 4 is 5.91 Å². The van der Waals surface area contributed by atoms with Crippen molar-refractivity contribution in [3.05, 3.63) is 66.1 Å². The van der Waals surface area contributed by atoms with Crippen molar-refractivity contribution in [2.45, 2.75) is 19.9 Å². The molecular formula is C19H19N3O3. The molecular weight excluding hydrogens is 318 g/mol. The van der Waals surface area contributed by atoms with E-state index in [0.717, 1.165) is 11.1 Å². The smallest absolute Gasteiger partial charge is 0.258 e. The largest absolute Gasteiger partial charge is 0.484 e. The second kappa shape index (κ2) is 7.61. The van der Waals surface area contributed by atoms with Crippen molar-refractivity contribution < 1.29 is 14.1 Å². The quantitative estimate of drug-likeness (QED) is 0.747. The molecule has 0 saturated carbocycles. The molecule has 0 aliphatic rings. The van der Waals surface area contributed by atoms with Crippen LogP contribution in [0.1, 0.15) is 24.4 Å². The summed E-state index contributed by atoms with van der Waals surface area (Å²) in [6.45, 7) is 3.69. The second-order valence-corrected chi connectivity index (χ2v) is 5.66. The lowest BCUT2D eigenvalue weighted by Crippen LogP contribution is -2.31. The first-order valence-corrected chi connectivity index (χ1v) is 8.00. The fraction of sp³-hybridized carbons (Fsp3) is 0.211. The van der Waals surface area contributed by atoms with E-state index in [1.165, 1.54) is 0 Å². The summed E-state index contributed by atoms with van der Waals surface area (Å²) >= 11 is 0. The van der Waals surface area contributed by atoms with E-state index in [2.05, 4.69) is 15.5 Å². The van der Waals surface area contributed by atoms with E-state index in [-0.39, 0.29) is 12.5 Å². The maximum Gasteiger partial charge on any atom is 0.258 e. The third-order valence-corrected chi connectivity index (χ3v) is 3.69. The first-order chi connectivity index (χ1) is 12.1. The zero-order valence-corrected chi connectivity index (χ0v) is 14.1. The topological polar surface area (TPSA) is 77.2 Å². The standard InChI is InChI=1S/C19H19N3O3/c1-13-8-6-7-11-16(13)18-21-19(25-22-18)14(2)20-17(23)12-24-15-9-4-3-5-10-15/h3-11,14H,12H2,1-2H3,(H,20,23). The Morgan fingerprint density at radius 3 is 2.64 bits per heavy atom. The monoisotopic (exact) mass is 337 g/mol. The van der Waals surface area contributed by atoms with E-state index in [4.69, 9.17) is 9.26 Å². The number of carbonyl (C=O) groups is 1.